The van der Waals surface area contributed by atoms with Gasteiger partial charge in [0.1, 0.15) is 0 Å². The number of rotatable bonds is 5. The Bertz CT molecular complexity index is 813. The van der Waals surface area contributed by atoms with E-state index in [1.807, 2.05) is 0 Å². The SMILES string of the molecule is CC(CCC(=O)OC1CCCOC1=O)C1CCC2C3C(O)CC4CC(O)CCC4(C)C3CCC12C. The second-order valence-corrected chi connectivity index (χ2v) is 13.3. The summed E-state index contributed by atoms with van der Waals surface area (Å²) in [6.07, 6.45) is 9.66. The molecule has 11 atom stereocenters. The lowest BCUT2D eigenvalue weighted by Gasteiger charge is -2.62. The summed E-state index contributed by atoms with van der Waals surface area (Å²) in [6, 6.07) is 0. The van der Waals surface area contributed by atoms with Crippen LogP contribution in [0.4, 0.5) is 0 Å². The third-order valence-corrected chi connectivity index (χ3v) is 11.6. The first-order valence-corrected chi connectivity index (χ1v) is 14.4. The molecule has 0 aromatic heterocycles. The number of aliphatic hydroxyl groups excluding tert-OH is 2. The van der Waals surface area contributed by atoms with Crippen molar-refractivity contribution in [2.75, 3.05) is 6.61 Å². The zero-order valence-electron chi connectivity index (χ0n) is 21.9. The highest BCUT2D eigenvalue weighted by Crippen LogP contribution is 2.68. The summed E-state index contributed by atoms with van der Waals surface area (Å²) >= 11 is 0. The molecule has 0 aromatic rings. The van der Waals surface area contributed by atoms with Crippen molar-refractivity contribution in [1.82, 2.24) is 0 Å². The highest BCUT2D eigenvalue weighted by atomic mass is 16.6. The predicted molar refractivity (Wildman–Crippen MR) is 131 cm³/mol. The fourth-order valence-corrected chi connectivity index (χ4v) is 9.70. The number of hydrogen-bond donors (Lipinski definition) is 2. The van der Waals surface area contributed by atoms with Crippen molar-refractivity contribution in [3.05, 3.63) is 0 Å². The number of hydrogen-bond acceptors (Lipinski definition) is 6. The van der Waals surface area contributed by atoms with Gasteiger partial charge in [-0.15, -0.1) is 0 Å². The molecule has 6 nitrogen and oxygen atoms in total. The summed E-state index contributed by atoms with van der Waals surface area (Å²) in [7, 11) is 0. The molecule has 1 saturated heterocycles. The van der Waals surface area contributed by atoms with Gasteiger partial charge in [0.25, 0.3) is 0 Å². The Morgan fingerprint density at radius 3 is 2.57 bits per heavy atom. The quantitative estimate of drug-likeness (QED) is 0.545. The van der Waals surface area contributed by atoms with Gasteiger partial charge in [0.2, 0.25) is 0 Å². The zero-order chi connectivity index (χ0) is 25.0. The van der Waals surface area contributed by atoms with Gasteiger partial charge in [-0.05, 0) is 117 Å². The molecule has 0 amide bonds. The van der Waals surface area contributed by atoms with Crippen LogP contribution in [-0.4, -0.2) is 47.1 Å². The minimum Gasteiger partial charge on any atom is -0.463 e. The molecule has 0 spiro atoms. The average Bonchev–Trinajstić information content (AvgIpc) is 3.17. The number of esters is 2. The first kappa shape index (κ1) is 25.5. The molecule has 35 heavy (non-hydrogen) atoms. The molecule has 6 heteroatoms. The van der Waals surface area contributed by atoms with Gasteiger partial charge >= 0.3 is 11.9 Å². The molecule has 0 radical (unpaired) electrons. The highest BCUT2D eigenvalue weighted by molar-refractivity contribution is 5.79. The van der Waals surface area contributed by atoms with Crippen LogP contribution in [0.15, 0.2) is 0 Å². The lowest BCUT2D eigenvalue weighted by atomic mass is 9.43. The minimum absolute atomic E-state index is 0.196. The molecular formula is C29H46O6. The first-order valence-electron chi connectivity index (χ1n) is 14.4. The predicted octanol–water partition coefficient (Wildman–Crippen LogP) is 4.64. The fourth-order valence-electron chi connectivity index (χ4n) is 9.70. The van der Waals surface area contributed by atoms with Gasteiger partial charge in [-0.1, -0.05) is 20.8 Å². The summed E-state index contributed by atoms with van der Waals surface area (Å²) in [5.74, 6) is 2.16. The molecule has 1 aliphatic heterocycles. The Labute approximate surface area is 210 Å². The molecule has 0 aromatic carbocycles. The Morgan fingerprint density at radius 2 is 1.80 bits per heavy atom. The minimum atomic E-state index is -0.728. The molecule has 5 aliphatic rings. The maximum Gasteiger partial charge on any atom is 0.347 e. The number of carbonyl (C=O) groups excluding carboxylic acids is 2. The van der Waals surface area contributed by atoms with Crippen molar-refractivity contribution in [2.24, 2.45) is 46.3 Å². The average molecular weight is 491 g/mol. The Morgan fingerprint density at radius 1 is 1.06 bits per heavy atom. The van der Waals surface area contributed by atoms with E-state index in [1.165, 1.54) is 25.7 Å². The van der Waals surface area contributed by atoms with Crippen molar-refractivity contribution in [2.45, 2.75) is 116 Å². The molecular weight excluding hydrogens is 444 g/mol. The van der Waals surface area contributed by atoms with Gasteiger partial charge in [-0.2, -0.15) is 0 Å². The summed E-state index contributed by atoms with van der Waals surface area (Å²) in [5, 5.41) is 21.7. The van der Waals surface area contributed by atoms with Gasteiger partial charge in [-0.25, -0.2) is 4.79 Å². The van der Waals surface area contributed by atoms with E-state index in [-0.39, 0.29) is 29.0 Å². The third kappa shape index (κ3) is 4.45. The van der Waals surface area contributed by atoms with E-state index < -0.39 is 12.1 Å². The van der Waals surface area contributed by atoms with E-state index in [0.717, 1.165) is 38.5 Å². The van der Waals surface area contributed by atoms with E-state index in [1.54, 1.807) is 0 Å². The van der Waals surface area contributed by atoms with E-state index in [0.29, 0.717) is 55.0 Å². The number of carbonyl (C=O) groups is 2. The van der Waals surface area contributed by atoms with Gasteiger partial charge in [0.15, 0.2) is 6.10 Å². The maximum atomic E-state index is 12.5. The molecule has 2 N–H and O–H groups in total. The van der Waals surface area contributed by atoms with Crippen molar-refractivity contribution >= 4 is 11.9 Å². The van der Waals surface area contributed by atoms with Crippen LogP contribution in [0.5, 0.6) is 0 Å². The Balaban J connectivity index is 1.22. The smallest absolute Gasteiger partial charge is 0.347 e. The summed E-state index contributed by atoms with van der Waals surface area (Å²) < 4.78 is 10.5. The topological polar surface area (TPSA) is 93.1 Å². The highest BCUT2D eigenvalue weighted by Gasteiger charge is 2.62. The molecule has 1 heterocycles. The van der Waals surface area contributed by atoms with Gasteiger partial charge in [0.05, 0.1) is 18.8 Å². The Hall–Kier alpha value is -1.14. The standard InChI is InChI=1S/C29H46O6/c1-17(6-9-25(32)35-24-5-4-14-34-27(24)33)20-7-8-21-26-22(11-13-29(20,21)3)28(2)12-10-19(30)15-18(28)16-23(26)31/h17-24,26,30-31H,4-16H2,1-3H3. The van der Waals surface area contributed by atoms with E-state index >= 15 is 0 Å². The Kier molecular flexibility index (Phi) is 7.02. The second kappa shape index (κ2) is 9.63. The summed E-state index contributed by atoms with van der Waals surface area (Å²) in [6.45, 7) is 7.62. The van der Waals surface area contributed by atoms with Gasteiger partial charge in [0, 0.05) is 6.42 Å². The lowest BCUT2D eigenvalue weighted by Crippen LogP contribution is -2.58. The third-order valence-electron chi connectivity index (χ3n) is 11.6. The second-order valence-electron chi connectivity index (χ2n) is 13.3. The molecule has 11 unspecified atom stereocenters. The molecule has 5 rings (SSSR count). The monoisotopic (exact) mass is 490 g/mol. The molecule has 4 aliphatic carbocycles. The molecule has 5 fully saturated rings. The van der Waals surface area contributed by atoms with Gasteiger partial charge in [-0.3, -0.25) is 4.79 Å². The van der Waals surface area contributed by atoms with Crippen molar-refractivity contribution in [3.8, 4) is 0 Å². The van der Waals surface area contributed by atoms with Crippen LogP contribution in [0.2, 0.25) is 0 Å². The number of fused-ring (bicyclic) bond motifs is 5. The summed E-state index contributed by atoms with van der Waals surface area (Å²) in [5.41, 5.74) is 0.453. The van der Waals surface area contributed by atoms with E-state index in [9.17, 15) is 19.8 Å². The normalized spacial score (nSPS) is 48.2. The van der Waals surface area contributed by atoms with Crippen LogP contribution in [0.3, 0.4) is 0 Å². The van der Waals surface area contributed by atoms with E-state index in [2.05, 4.69) is 20.8 Å². The maximum absolute atomic E-state index is 12.5. The van der Waals surface area contributed by atoms with Crippen LogP contribution in [0, 0.1) is 46.3 Å². The van der Waals surface area contributed by atoms with Crippen molar-refractivity contribution in [1.29, 1.82) is 0 Å². The van der Waals surface area contributed by atoms with Crippen molar-refractivity contribution < 1.29 is 29.3 Å². The zero-order valence-corrected chi connectivity index (χ0v) is 21.9. The van der Waals surface area contributed by atoms with Crippen LogP contribution in [0.25, 0.3) is 0 Å². The van der Waals surface area contributed by atoms with Crippen LogP contribution >= 0.6 is 0 Å². The van der Waals surface area contributed by atoms with Crippen LogP contribution < -0.4 is 0 Å². The van der Waals surface area contributed by atoms with Crippen molar-refractivity contribution in [3.63, 3.8) is 0 Å². The van der Waals surface area contributed by atoms with Gasteiger partial charge < -0.3 is 19.7 Å². The van der Waals surface area contributed by atoms with Crippen LogP contribution in [-0.2, 0) is 19.1 Å². The number of cyclic esters (lactones) is 1. The summed E-state index contributed by atoms with van der Waals surface area (Å²) in [4.78, 5) is 24.3. The molecule has 198 valence electrons. The van der Waals surface area contributed by atoms with Crippen LogP contribution in [0.1, 0.15) is 97.8 Å². The number of aliphatic hydroxyl groups is 2. The lowest BCUT2D eigenvalue weighted by molar-refractivity contribution is -0.175. The molecule has 4 saturated carbocycles. The number of ether oxygens (including phenoxy) is 2. The first-order chi connectivity index (χ1) is 16.6. The molecule has 0 bridgehead atoms. The fraction of sp³-hybridized carbons (Fsp3) is 0.931. The largest absolute Gasteiger partial charge is 0.463 e. The van der Waals surface area contributed by atoms with E-state index in [4.69, 9.17) is 9.47 Å².